The van der Waals surface area contributed by atoms with Crippen LogP contribution < -0.4 is 23.8 Å². The fraction of sp³-hybridized carbons (Fsp3) is 0.577. The monoisotopic (exact) mass is 518 g/mol. The molecule has 1 aromatic carbocycles. The minimum Gasteiger partial charge on any atom is -0.493 e. The van der Waals surface area contributed by atoms with Gasteiger partial charge in [0.2, 0.25) is 10.0 Å². The van der Waals surface area contributed by atoms with E-state index in [0.717, 1.165) is 63.4 Å². The van der Waals surface area contributed by atoms with E-state index in [1.807, 2.05) is 32.2 Å². The second kappa shape index (κ2) is 11.7. The number of piperazine rings is 1. The van der Waals surface area contributed by atoms with E-state index in [0.29, 0.717) is 17.5 Å². The highest BCUT2D eigenvalue weighted by Crippen LogP contribution is 2.32. The third-order valence-electron chi connectivity index (χ3n) is 6.93. The number of nitrogens with zero attached hydrogens (tertiary/aromatic N) is 3. The molecule has 0 spiro atoms. The van der Waals surface area contributed by atoms with Crippen molar-refractivity contribution in [3.63, 3.8) is 0 Å². The summed E-state index contributed by atoms with van der Waals surface area (Å²) in [6, 6.07) is 8.98. The van der Waals surface area contributed by atoms with Crippen LogP contribution in [-0.4, -0.2) is 76.9 Å². The first kappa shape index (κ1) is 26.5. The van der Waals surface area contributed by atoms with E-state index in [1.54, 1.807) is 12.1 Å². The Kier molecular flexibility index (Phi) is 8.58. The molecule has 0 atom stereocenters. The van der Waals surface area contributed by atoms with E-state index in [4.69, 9.17) is 14.2 Å². The number of aromatic nitrogens is 1. The molecule has 9 nitrogen and oxygen atoms in total. The fourth-order valence-corrected chi connectivity index (χ4v) is 6.41. The first-order chi connectivity index (χ1) is 17.3. The molecule has 1 saturated heterocycles. The van der Waals surface area contributed by atoms with Gasteiger partial charge in [-0.05, 0) is 63.8 Å². The maximum atomic E-state index is 13.0. The van der Waals surface area contributed by atoms with Gasteiger partial charge in [0.25, 0.3) is 0 Å². The Morgan fingerprint density at radius 3 is 2.28 bits per heavy atom. The molecule has 2 aliphatic rings. The van der Waals surface area contributed by atoms with Crippen LogP contribution >= 0.6 is 0 Å². The number of sulfonamides is 1. The van der Waals surface area contributed by atoms with Crippen LogP contribution in [0.1, 0.15) is 39.5 Å². The first-order valence-corrected chi connectivity index (χ1v) is 14.1. The molecule has 0 bridgehead atoms. The topological polar surface area (TPSA) is 93.2 Å². The van der Waals surface area contributed by atoms with Crippen LogP contribution in [0.5, 0.6) is 17.2 Å². The molecule has 2 fully saturated rings. The predicted molar refractivity (Wildman–Crippen MR) is 140 cm³/mol. The lowest BCUT2D eigenvalue weighted by Gasteiger charge is -2.42. The van der Waals surface area contributed by atoms with E-state index >= 15 is 0 Å². The van der Waals surface area contributed by atoms with E-state index in [-0.39, 0.29) is 17.0 Å². The predicted octanol–water partition coefficient (Wildman–Crippen LogP) is 3.30. The van der Waals surface area contributed by atoms with Crippen molar-refractivity contribution in [3.8, 4) is 17.2 Å². The summed E-state index contributed by atoms with van der Waals surface area (Å²) in [5.74, 6) is 2.66. The van der Waals surface area contributed by atoms with Gasteiger partial charge in [0.1, 0.15) is 0 Å². The fourth-order valence-electron chi connectivity index (χ4n) is 5.09. The zero-order chi connectivity index (χ0) is 25.7. The molecule has 10 heteroatoms. The molecule has 36 heavy (non-hydrogen) atoms. The Morgan fingerprint density at radius 2 is 1.64 bits per heavy atom. The number of rotatable bonds is 9. The Hall–Kier alpha value is -2.56. The van der Waals surface area contributed by atoms with Crippen molar-refractivity contribution in [1.82, 2.24) is 14.6 Å². The number of benzene rings is 1. The lowest BCUT2D eigenvalue weighted by atomic mass is 9.90. The minimum absolute atomic E-state index is 0.0649. The summed E-state index contributed by atoms with van der Waals surface area (Å²) < 4.78 is 45.3. The molecule has 1 saturated carbocycles. The van der Waals surface area contributed by atoms with Crippen LogP contribution in [-0.2, 0) is 10.0 Å². The van der Waals surface area contributed by atoms with Gasteiger partial charge < -0.3 is 19.1 Å². The highest BCUT2D eigenvalue weighted by molar-refractivity contribution is 7.89. The summed E-state index contributed by atoms with van der Waals surface area (Å²) in [6.45, 7) is 7.78. The normalized spacial score (nSPS) is 21.4. The minimum atomic E-state index is -3.64. The number of methoxy groups -OCH3 is 2. The van der Waals surface area contributed by atoms with Crippen molar-refractivity contribution >= 4 is 15.8 Å². The lowest BCUT2D eigenvalue weighted by Crippen LogP contribution is -2.52. The molecule has 2 aromatic rings. The van der Waals surface area contributed by atoms with Crippen LogP contribution in [0.25, 0.3) is 0 Å². The zero-order valence-electron chi connectivity index (χ0n) is 21.6. The van der Waals surface area contributed by atoms with Crippen molar-refractivity contribution in [3.05, 3.63) is 36.5 Å². The van der Waals surface area contributed by atoms with Crippen molar-refractivity contribution in [1.29, 1.82) is 0 Å². The molecule has 1 aliphatic carbocycles. The summed E-state index contributed by atoms with van der Waals surface area (Å²) in [7, 11) is -0.610. The third kappa shape index (κ3) is 6.22. The second-order valence-corrected chi connectivity index (χ2v) is 11.4. The molecule has 1 aliphatic heterocycles. The second-order valence-electron chi connectivity index (χ2n) is 9.66. The Morgan fingerprint density at radius 1 is 0.944 bits per heavy atom. The zero-order valence-corrected chi connectivity index (χ0v) is 22.5. The number of hydrogen-bond acceptors (Lipinski definition) is 8. The molecule has 198 valence electrons. The van der Waals surface area contributed by atoms with E-state index in [2.05, 4.69) is 19.5 Å². The van der Waals surface area contributed by atoms with Crippen LogP contribution in [0.15, 0.2) is 41.4 Å². The van der Waals surface area contributed by atoms with Crippen LogP contribution in [0, 0.1) is 0 Å². The lowest BCUT2D eigenvalue weighted by molar-refractivity contribution is 0.139. The molecule has 0 amide bonds. The summed E-state index contributed by atoms with van der Waals surface area (Å²) in [6.07, 6.45) is 5.52. The van der Waals surface area contributed by atoms with Gasteiger partial charge in [-0.25, -0.2) is 18.1 Å². The van der Waals surface area contributed by atoms with Gasteiger partial charge in [0, 0.05) is 50.5 Å². The van der Waals surface area contributed by atoms with E-state index < -0.39 is 10.0 Å². The molecular formula is C26H38N4O5S. The van der Waals surface area contributed by atoms with Crippen molar-refractivity contribution in [2.75, 3.05) is 45.3 Å². The van der Waals surface area contributed by atoms with Crippen LogP contribution in [0.2, 0.25) is 0 Å². The molecule has 0 radical (unpaired) electrons. The van der Waals surface area contributed by atoms with Gasteiger partial charge in [0.05, 0.1) is 25.2 Å². The molecule has 4 rings (SSSR count). The average molecular weight is 519 g/mol. The van der Waals surface area contributed by atoms with Crippen molar-refractivity contribution in [2.24, 2.45) is 0 Å². The molecule has 1 aromatic heterocycles. The van der Waals surface area contributed by atoms with Gasteiger partial charge in [0.15, 0.2) is 23.1 Å². The van der Waals surface area contributed by atoms with E-state index in [1.165, 1.54) is 20.3 Å². The van der Waals surface area contributed by atoms with Gasteiger partial charge >= 0.3 is 0 Å². The Bertz CT molecular complexity index is 1110. The highest BCUT2D eigenvalue weighted by Gasteiger charge is 2.31. The highest BCUT2D eigenvalue weighted by atomic mass is 32.2. The molecule has 0 unspecified atom stereocenters. The third-order valence-corrected chi connectivity index (χ3v) is 8.45. The maximum Gasteiger partial charge on any atom is 0.240 e. The van der Waals surface area contributed by atoms with Crippen molar-refractivity contribution in [2.45, 2.75) is 62.6 Å². The SMILES string of the molecule is COc1ccc(S(=O)(=O)N[C@H]2CC[C@H](N3CCN(c4ncccc4OC(C)C)CC3)CC2)cc1OC. The quantitative estimate of drug-likeness (QED) is 0.541. The van der Waals surface area contributed by atoms with Gasteiger partial charge in [-0.3, -0.25) is 4.90 Å². The van der Waals surface area contributed by atoms with Crippen LogP contribution in [0.3, 0.4) is 0 Å². The van der Waals surface area contributed by atoms with E-state index in [9.17, 15) is 8.42 Å². The van der Waals surface area contributed by atoms with Gasteiger partial charge in [-0.2, -0.15) is 0 Å². The first-order valence-electron chi connectivity index (χ1n) is 12.7. The number of pyridine rings is 1. The number of anilines is 1. The molecular weight excluding hydrogens is 480 g/mol. The summed E-state index contributed by atoms with van der Waals surface area (Å²) in [5.41, 5.74) is 0. The van der Waals surface area contributed by atoms with Crippen molar-refractivity contribution < 1.29 is 22.6 Å². The summed E-state index contributed by atoms with van der Waals surface area (Å²) in [4.78, 5) is 9.62. The number of hydrogen-bond donors (Lipinski definition) is 1. The van der Waals surface area contributed by atoms with Crippen LogP contribution in [0.4, 0.5) is 5.82 Å². The smallest absolute Gasteiger partial charge is 0.240 e. The number of nitrogens with one attached hydrogen (secondary N) is 1. The maximum absolute atomic E-state index is 13.0. The standard InChI is InChI=1S/C26H38N4O5S/c1-19(2)35-24-6-5-13-27-26(24)30-16-14-29(15-17-30)21-9-7-20(8-10-21)28-36(31,32)22-11-12-23(33-3)25(18-22)34-4/h5-6,11-13,18-21,28H,7-10,14-17H2,1-4H3/t20-,21-. The Labute approximate surface area is 214 Å². The Balaban J connectivity index is 1.29. The number of ether oxygens (including phenoxy) is 3. The largest absolute Gasteiger partial charge is 0.493 e. The molecule has 2 heterocycles. The molecule has 1 N–H and O–H groups in total. The summed E-state index contributed by atoms with van der Waals surface area (Å²) in [5, 5.41) is 0. The van der Waals surface area contributed by atoms with Gasteiger partial charge in [-0.1, -0.05) is 0 Å². The summed E-state index contributed by atoms with van der Waals surface area (Å²) >= 11 is 0. The van der Waals surface area contributed by atoms with Gasteiger partial charge in [-0.15, -0.1) is 0 Å². The average Bonchev–Trinajstić information content (AvgIpc) is 2.88.